The van der Waals surface area contributed by atoms with Crippen molar-refractivity contribution < 1.29 is 17.9 Å². The minimum absolute atomic E-state index is 0.0756. The van der Waals surface area contributed by atoms with Crippen molar-refractivity contribution in [3.8, 4) is 5.75 Å². The van der Waals surface area contributed by atoms with Crippen LogP contribution >= 0.6 is 11.6 Å². The third-order valence-electron chi connectivity index (χ3n) is 3.50. The summed E-state index contributed by atoms with van der Waals surface area (Å²) in [6.45, 7) is 0.456. The molecular formula is C14H19ClN2O4S. The zero-order valence-corrected chi connectivity index (χ0v) is 14.1. The van der Waals surface area contributed by atoms with E-state index in [1.165, 1.54) is 14.1 Å². The van der Waals surface area contributed by atoms with Crippen LogP contribution in [0.5, 0.6) is 5.75 Å². The Hall–Kier alpha value is -1.31. The lowest BCUT2D eigenvalue weighted by Crippen LogP contribution is -2.34. The molecule has 1 amide bonds. The largest absolute Gasteiger partial charge is 0.492 e. The minimum atomic E-state index is -3.37. The molecule has 0 spiro atoms. The zero-order valence-electron chi connectivity index (χ0n) is 12.5. The van der Waals surface area contributed by atoms with Gasteiger partial charge in [-0.1, -0.05) is 23.7 Å². The van der Waals surface area contributed by atoms with Gasteiger partial charge >= 0.3 is 0 Å². The lowest BCUT2D eigenvalue weighted by molar-refractivity contribution is -0.121. The van der Waals surface area contributed by atoms with Crippen molar-refractivity contribution in [2.24, 2.45) is 0 Å². The van der Waals surface area contributed by atoms with E-state index in [4.69, 9.17) is 16.3 Å². The lowest BCUT2D eigenvalue weighted by Gasteiger charge is -2.27. The number of sulfonamides is 1. The van der Waals surface area contributed by atoms with Gasteiger partial charge in [-0.05, 0) is 6.07 Å². The standard InChI is InChI=1S/C14H19ClN2O4S/c1-17(2)22(19,20)9-7-13(18)16-12-6-8-21-14-10(12)4-3-5-11(14)15/h3-5,12H,6-9H2,1-2H3,(H,16,18). The maximum absolute atomic E-state index is 12.0. The molecule has 1 N–H and O–H groups in total. The average molecular weight is 347 g/mol. The third kappa shape index (κ3) is 3.91. The van der Waals surface area contributed by atoms with E-state index in [2.05, 4.69) is 5.32 Å². The van der Waals surface area contributed by atoms with Crippen molar-refractivity contribution in [3.63, 3.8) is 0 Å². The molecule has 122 valence electrons. The molecule has 0 aliphatic carbocycles. The second-order valence-corrected chi connectivity index (χ2v) is 7.97. The zero-order chi connectivity index (χ0) is 16.3. The number of rotatable bonds is 5. The maximum atomic E-state index is 12.0. The molecule has 1 atom stereocenters. The fraction of sp³-hybridized carbons (Fsp3) is 0.500. The van der Waals surface area contributed by atoms with E-state index in [1.54, 1.807) is 12.1 Å². The normalized spacial score (nSPS) is 17.7. The minimum Gasteiger partial charge on any atom is -0.492 e. The van der Waals surface area contributed by atoms with Crippen LogP contribution < -0.4 is 10.1 Å². The number of para-hydroxylation sites is 1. The molecule has 0 aromatic heterocycles. The summed E-state index contributed by atoms with van der Waals surface area (Å²) in [5.74, 6) is 0.0714. The summed E-state index contributed by atoms with van der Waals surface area (Å²) in [4.78, 5) is 12.0. The molecule has 1 unspecified atom stereocenters. The fourth-order valence-electron chi connectivity index (χ4n) is 2.21. The van der Waals surface area contributed by atoms with Crippen molar-refractivity contribution in [2.75, 3.05) is 26.5 Å². The summed E-state index contributed by atoms with van der Waals surface area (Å²) < 4.78 is 30.0. The van der Waals surface area contributed by atoms with Gasteiger partial charge in [-0.2, -0.15) is 0 Å². The Morgan fingerprint density at radius 3 is 2.86 bits per heavy atom. The molecule has 2 rings (SSSR count). The topological polar surface area (TPSA) is 75.7 Å². The highest BCUT2D eigenvalue weighted by atomic mass is 35.5. The first-order chi connectivity index (χ1) is 10.3. The molecule has 0 radical (unpaired) electrons. The van der Waals surface area contributed by atoms with Crippen molar-refractivity contribution in [3.05, 3.63) is 28.8 Å². The Kier molecular flexibility index (Phi) is 5.31. The molecule has 6 nitrogen and oxygen atoms in total. The first-order valence-electron chi connectivity index (χ1n) is 6.92. The maximum Gasteiger partial charge on any atom is 0.221 e. The summed E-state index contributed by atoms with van der Waals surface area (Å²) in [5.41, 5.74) is 0.822. The van der Waals surface area contributed by atoms with Gasteiger partial charge in [-0.25, -0.2) is 12.7 Å². The summed E-state index contributed by atoms with van der Waals surface area (Å²) in [5, 5.41) is 3.36. The van der Waals surface area contributed by atoms with Crippen LogP contribution in [-0.4, -0.2) is 45.1 Å². The van der Waals surface area contributed by atoms with E-state index >= 15 is 0 Å². The number of amides is 1. The number of fused-ring (bicyclic) bond motifs is 1. The predicted octanol–water partition coefficient (Wildman–Crippen LogP) is 1.56. The molecular weight excluding hydrogens is 328 g/mol. The van der Waals surface area contributed by atoms with E-state index in [0.29, 0.717) is 23.8 Å². The number of carbonyl (C=O) groups is 1. The molecule has 1 aromatic rings. The van der Waals surface area contributed by atoms with Crippen LogP contribution in [0.2, 0.25) is 5.02 Å². The number of nitrogens with zero attached hydrogens (tertiary/aromatic N) is 1. The summed E-state index contributed by atoms with van der Waals surface area (Å²) in [6, 6.07) is 5.17. The van der Waals surface area contributed by atoms with Gasteiger partial charge in [0.2, 0.25) is 15.9 Å². The SMILES string of the molecule is CN(C)S(=O)(=O)CCC(=O)NC1CCOc2c(Cl)cccc21. The van der Waals surface area contributed by atoms with Gasteiger partial charge in [0.25, 0.3) is 0 Å². The number of ether oxygens (including phenoxy) is 1. The molecule has 0 fully saturated rings. The van der Waals surface area contributed by atoms with Crippen LogP contribution in [0.1, 0.15) is 24.4 Å². The Balaban J connectivity index is 2.01. The number of nitrogens with one attached hydrogen (secondary N) is 1. The summed E-state index contributed by atoms with van der Waals surface area (Å²) >= 11 is 6.08. The van der Waals surface area contributed by atoms with Crippen LogP contribution in [0.4, 0.5) is 0 Å². The second kappa shape index (κ2) is 6.85. The van der Waals surface area contributed by atoms with E-state index in [0.717, 1.165) is 9.87 Å². The van der Waals surface area contributed by atoms with Gasteiger partial charge in [0.05, 0.1) is 23.4 Å². The Bertz CT molecular complexity index is 661. The number of hydrogen-bond acceptors (Lipinski definition) is 4. The molecule has 0 bridgehead atoms. The molecule has 1 aromatic carbocycles. The predicted molar refractivity (Wildman–Crippen MR) is 84.5 cm³/mol. The smallest absolute Gasteiger partial charge is 0.221 e. The highest BCUT2D eigenvalue weighted by Gasteiger charge is 2.25. The van der Waals surface area contributed by atoms with Crippen molar-refractivity contribution in [1.29, 1.82) is 0 Å². The number of carbonyl (C=O) groups excluding carboxylic acids is 1. The Morgan fingerprint density at radius 1 is 1.45 bits per heavy atom. The van der Waals surface area contributed by atoms with Gasteiger partial charge in [-0.15, -0.1) is 0 Å². The second-order valence-electron chi connectivity index (χ2n) is 5.26. The van der Waals surface area contributed by atoms with Gasteiger partial charge in [-0.3, -0.25) is 4.79 Å². The van der Waals surface area contributed by atoms with Gasteiger partial charge in [0.1, 0.15) is 5.75 Å². The monoisotopic (exact) mass is 346 g/mol. The van der Waals surface area contributed by atoms with Gasteiger partial charge in [0.15, 0.2) is 0 Å². The quantitative estimate of drug-likeness (QED) is 0.878. The molecule has 0 saturated carbocycles. The highest BCUT2D eigenvalue weighted by molar-refractivity contribution is 7.89. The average Bonchev–Trinajstić information content (AvgIpc) is 2.46. The van der Waals surface area contributed by atoms with Gasteiger partial charge in [0, 0.05) is 32.5 Å². The fourth-order valence-corrected chi connectivity index (χ4v) is 3.25. The van der Waals surface area contributed by atoms with E-state index < -0.39 is 10.0 Å². The van der Waals surface area contributed by atoms with Crippen molar-refractivity contribution >= 4 is 27.5 Å². The number of halogens is 1. The van der Waals surface area contributed by atoms with Crippen LogP contribution in [0.3, 0.4) is 0 Å². The molecule has 22 heavy (non-hydrogen) atoms. The van der Waals surface area contributed by atoms with E-state index in [1.807, 2.05) is 6.07 Å². The van der Waals surface area contributed by atoms with Crippen LogP contribution in [0, 0.1) is 0 Å². The van der Waals surface area contributed by atoms with Crippen LogP contribution in [-0.2, 0) is 14.8 Å². The Morgan fingerprint density at radius 2 is 2.18 bits per heavy atom. The van der Waals surface area contributed by atoms with Crippen LogP contribution in [0.15, 0.2) is 18.2 Å². The van der Waals surface area contributed by atoms with Crippen LogP contribution in [0.25, 0.3) is 0 Å². The lowest BCUT2D eigenvalue weighted by atomic mass is 10.0. The van der Waals surface area contributed by atoms with E-state index in [9.17, 15) is 13.2 Å². The molecule has 1 heterocycles. The first-order valence-corrected chi connectivity index (χ1v) is 8.91. The molecule has 1 aliphatic heterocycles. The van der Waals surface area contributed by atoms with Gasteiger partial charge < -0.3 is 10.1 Å². The molecule has 0 saturated heterocycles. The number of benzene rings is 1. The number of hydrogen-bond donors (Lipinski definition) is 1. The molecule has 1 aliphatic rings. The van der Waals surface area contributed by atoms with Crippen molar-refractivity contribution in [2.45, 2.75) is 18.9 Å². The molecule has 8 heteroatoms. The summed E-state index contributed by atoms with van der Waals surface area (Å²) in [7, 11) is -0.478. The Labute approximate surface area is 135 Å². The first kappa shape index (κ1) is 17.1. The third-order valence-corrected chi connectivity index (χ3v) is 5.63. The summed E-state index contributed by atoms with van der Waals surface area (Å²) in [6.07, 6.45) is 0.549. The van der Waals surface area contributed by atoms with E-state index in [-0.39, 0.29) is 24.1 Å². The highest BCUT2D eigenvalue weighted by Crippen LogP contribution is 2.37. The van der Waals surface area contributed by atoms with Crippen molar-refractivity contribution in [1.82, 2.24) is 9.62 Å².